The van der Waals surface area contributed by atoms with Crippen molar-refractivity contribution in [1.29, 1.82) is 5.26 Å². The molecule has 0 atom stereocenters. The summed E-state index contributed by atoms with van der Waals surface area (Å²) in [6.45, 7) is 0. The number of hydrogen-bond acceptors (Lipinski definition) is 5. The van der Waals surface area contributed by atoms with E-state index in [-0.39, 0.29) is 0 Å². The summed E-state index contributed by atoms with van der Waals surface area (Å²) in [6.07, 6.45) is 1.46. The second-order valence-corrected chi connectivity index (χ2v) is 0.494. The van der Waals surface area contributed by atoms with E-state index in [1.54, 1.807) is 5.43 Å². The Morgan fingerprint density at radius 3 is 2.12 bits per heavy atom. The monoisotopic (exact) mass is 120 g/mol. The van der Waals surface area contributed by atoms with Gasteiger partial charge in [-0.3, -0.25) is 5.43 Å². The third-order valence-corrected chi connectivity index (χ3v) is 0.0645. The Morgan fingerprint density at radius 2 is 2.12 bits per heavy atom. The minimum atomic E-state index is -1.50. The topological polar surface area (TPSA) is 125 Å². The zero-order valence-electron chi connectivity index (χ0n) is 3.74. The highest BCUT2D eigenvalue weighted by atomic mass is 16.9. The molecule has 0 aliphatic rings. The molecule has 7 heteroatoms. The first-order valence-electron chi connectivity index (χ1n) is 1.33. The number of hydrazine groups is 1. The van der Waals surface area contributed by atoms with Crippen LogP contribution in [0.5, 0.6) is 0 Å². The van der Waals surface area contributed by atoms with Crippen molar-refractivity contribution in [3.05, 3.63) is 10.1 Å². The summed E-state index contributed by atoms with van der Waals surface area (Å²) in [5.74, 6) is 4.42. The molecule has 0 unspecified atom stereocenters. The van der Waals surface area contributed by atoms with Crippen LogP contribution in [0.1, 0.15) is 0 Å². The van der Waals surface area contributed by atoms with Crippen molar-refractivity contribution in [2.45, 2.75) is 0 Å². The van der Waals surface area contributed by atoms with Gasteiger partial charge in [0, 0.05) is 0 Å². The first-order valence-corrected chi connectivity index (χ1v) is 1.33. The molecule has 0 aromatic rings. The van der Waals surface area contributed by atoms with Gasteiger partial charge >= 0.3 is 0 Å². The Kier molecular flexibility index (Phi) is 11.0. The standard InChI is InChI=1S/CH3N3.HNO3/c2-1-4-3;2-1(3)4/h4H,3H2;(H,2,3,4). The summed E-state index contributed by atoms with van der Waals surface area (Å²) in [4.78, 5) is 8.36. The molecule has 0 heterocycles. The lowest BCUT2D eigenvalue weighted by atomic mass is 11.4. The molecule has 0 aliphatic carbocycles. The minimum Gasteiger partial charge on any atom is -0.328 e. The highest BCUT2D eigenvalue weighted by molar-refractivity contribution is 4.53. The normalized spacial score (nSPS) is 5.00. The Labute approximate surface area is 44.4 Å². The van der Waals surface area contributed by atoms with Crippen LogP contribution in [-0.2, 0) is 0 Å². The lowest BCUT2D eigenvalue weighted by molar-refractivity contribution is -0.742. The van der Waals surface area contributed by atoms with Gasteiger partial charge in [0.2, 0.25) is 0 Å². The van der Waals surface area contributed by atoms with Crippen LogP contribution in [0.2, 0.25) is 0 Å². The molecule has 0 aliphatic heterocycles. The first kappa shape index (κ1) is 9.67. The van der Waals surface area contributed by atoms with Gasteiger partial charge in [-0.1, -0.05) is 0 Å². The molecular formula is CH4N4O3. The Bertz CT molecular complexity index is 89.9. The lowest BCUT2D eigenvalue weighted by Crippen LogP contribution is -2.12. The summed E-state index contributed by atoms with van der Waals surface area (Å²) in [5.41, 5.74) is 1.74. The molecule has 0 spiro atoms. The highest BCUT2D eigenvalue weighted by Gasteiger charge is 1.65. The van der Waals surface area contributed by atoms with Crippen LogP contribution in [0.3, 0.4) is 0 Å². The van der Waals surface area contributed by atoms with Gasteiger partial charge in [0.15, 0.2) is 6.19 Å². The van der Waals surface area contributed by atoms with Crippen LogP contribution in [0.15, 0.2) is 0 Å². The van der Waals surface area contributed by atoms with E-state index in [0.29, 0.717) is 0 Å². The fraction of sp³-hybridized carbons (Fsp3) is 0. The van der Waals surface area contributed by atoms with Crippen LogP contribution < -0.4 is 11.3 Å². The maximum absolute atomic E-state index is 8.36. The molecule has 0 saturated heterocycles. The van der Waals surface area contributed by atoms with E-state index in [4.69, 9.17) is 20.6 Å². The van der Waals surface area contributed by atoms with Crippen LogP contribution in [0, 0.1) is 21.6 Å². The van der Waals surface area contributed by atoms with Crippen molar-refractivity contribution < 1.29 is 10.3 Å². The van der Waals surface area contributed by atoms with Crippen molar-refractivity contribution in [1.82, 2.24) is 5.43 Å². The van der Waals surface area contributed by atoms with Gasteiger partial charge in [0.05, 0.1) is 0 Å². The van der Waals surface area contributed by atoms with Crippen LogP contribution >= 0.6 is 0 Å². The van der Waals surface area contributed by atoms with E-state index in [9.17, 15) is 0 Å². The van der Waals surface area contributed by atoms with Gasteiger partial charge in [0.25, 0.3) is 5.09 Å². The average Bonchev–Trinajstić information content (AvgIpc) is 1.65. The predicted octanol–water partition coefficient (Wildman–Crippen LogP) is -1.42. The van der Waals surface area contributed by atoms with E-state index < -0.39 is 5.09 Å². The van der Waals surface area contributed by atoms with Gasteiger partial charge in [-0.05, 0) is 0 Å². The minimum absolute atomic E-state index is 1.46. The molecule has 0 amide bonds. The van der Waals surface area contributed by atoms with Gasteiger partial charge in [-0.25, -0.2) is 5.84 Å². The third kappa shape index (κ3) is 175. The van der Waals surface area contributed by atoms with Gasteiger partial charge < -0.3 is 5.21 Å². The van der Waals surface area contributed by atoms with Gasteiger partial charge in [-0.15, -0.1) is 10.1 Å². The molecule has 8 heavy (non-hydrogen) atoms. The molecular weight excluding hydrogens is 116 g/mol. The zero-order valence-corrected chi connectivity index (χ0v) is 3.74. The van der Waals surface area contributed by atoms with Crippen LogP contribution in [0.4, 0.5) is 0 Å². The van der Waals surface area contributed by atoms with Crippen molar-refractivity contribution in [2.75, 3.05) is 0 Å². The molecule has 7 nitrogen and oxygen atoms in total. The number of nitriles is 1. The lowest BCUT2D eigenvalue weighted by Gasteiger charge is -1.62. The molecule has 0 radical (unpaired) electrons. The Balaban J connectivity index is 0. The molecule has 0 aromatic carbocycles. The fourth-order valence-corrected chi connectivity index (χ4v) is 0. The van der Waals surface area contributed by atoms with Crippen molar-refractivity contribution >= 4 is 0 Å². The molecule has 0 fully saturated rings. The van der Waals surface area contributed by atoms with E-state index in [0.717, 1.165) is 0 Å². The molecule has 46 valence electrons. The summed E-state index contributed by atoms with van der Waals surface area (Å²) < 4.78 is 0. The quantitative estimate of drug-likeness (QED) is 0.118. The van der Waals surface area contributed by atoms with Gasteiger partial charge in [0.1, 0.15) is 0 Å². The predicted molar refractivity (Wildman–Crippen MR) is 21.7 cm³/mol. The number of nitrogens with zero attached hydrogens (tertiary/aromatic N) is 2. The van der Waals surface area contributed by atoms with Crippen LogP contribution in [-0.4, -0.2) is 10.3 Å². The smallest absolute Gasteiger partial charge is 0.291 e. The molecule has 0 aromatic heterocycles. The van der Waals surface area contributed by atoms with Crippen molar-refractivity contribution in [3.8, 4) is 6.19 Å². The molecule has 0 rings (SSSR count). The fourth-order valence-electron chi connectivity index (χ4n) is 0. The average molecular weight is 120 g/mol. The second kappa shape index (κ2) is 9.07. The summed E-state index contributed by atoms with van der Waals surface area (Å²) in [5, 5.41) is 21.0. The Hall–Kier alpha value is -1.55. The molecule has 4 N–H and O–H groups in total. The van der Waals surface area contributed by atoms with Crippen LogP contribution in [0.25, 0.3) is 0 Å². The van der Waals surface area contributed by atoms with Crippen molar-refractivity contribution in [2.24, 2.45) is 5.84 Å². The Morgan fingerprint density at radius 1 is 2.00 bits per heavy atom. The SMILES string of the molecule is N#CNN.O=[N+]([O-])O. The summed E-state index contributed by atoms with van der Waals surface area (Å²) in [7, 11) is 0. The maximum atomic E-state index is 8.36. The second-order valence-electron chi connectivity index (χ2n) is 0.494. The zero-order chi connectivity index (χ0) is 6.99. The van der Waals surface area contributed by atoms with Gasteiger partial charge in [-0.2, -0.15) is 5.26 Å². The maximum Gasteiger partial charge on any atom is 0.291 e. The number of hydrogen-bond donors (Lipinski definition) is 3. The van der Waals surface area contributed by atoms with E-state index in [1.165, 1.54) is 6.19 Å². The number of rotatable bonds is 0. The van der Waals surface area contributed by atoms with E-state index in [1.807, 2.05) is 0 Å². The third-order valence-electron chi connectivity index (χ3n) is 0.0645. The van der Waals surface area contributed by atoms with Crippen molar-refractivity contribution in [3.63, 3.8) is 0 Å². The van der Waals surface area contributed by atoms with E-state index in [2.05, 4.69) is 5.84 Å². The number of nitrogens with two attached hydrogens (primary N) is 1. The largest absolute Gasteiger partial charge is 0.328 e. The highest BCUT2D eigenvalue weighted by Crippen LogP contribution is 1.38. The number of nitrogens with one attached hydrogen (secondary N) is 1. The first-order chi connectivity index (χ1) is 3.65. The summed E-state index contributed by atoms with van der Waals surface area (Å²) >= 11 is 0. The molecule has 0 bridgehead atoms. The molecule has 0 saturated carbocycles. The summed E-state index contributed by atoms with van der Waals surface area (Å²) in [6, 6.07) is 0. The van der Waals surface area contributed by atoms with E-state index >= 15 is 0 Å².